The van der Waals surface area contributed by atoms with Crippen molar-refractivity contribution in [2.24, 2.45) is 11.8 Å². The van der Waals surface area contributed by atoms with Gasteiger partial charge in [-0.3, -0.25) is 0 Å². The highest BCUT2D eigenvalue weighted by Crippen LogP contribution is 2.34. The van der Waals surface area contributed by atoms with E-state index in [2.05, 4.69) is 15.9 Å². The van der Waals surface area contributed by atoms with Crippen molar-refractivity contribution in [3.63, 3.8) is 0 Å². The zero-order valence-corrected chi connectivity index (χ0v) is 14.3. The molecule has 3 nitrogen and oxygen atoms in total. The van der Waals surface area contributed by atoms with Crippen LogP contribution in [0.15, 0.2) is 0 Å². The van der Waals surface area contributed by atoms with Crippen molar-refractivity contribution in [2.75, 3.05) is 19.3 Å². The fraction of sp³-hybridized carbons (Fsp3) is 1.00. The summed E-state index contributed by atoms with van der Waals surface area (Å²) in [6.07, 6.45) is 11.4. The monoisotopic (exact) mass is 351 g/mol. The number of rotatable bonds is 3. The van der Waals surface area contributed by atoms with Gasteiger partial charge in [0.1, 0.15) is 0 Å². The zero-order valence-electron chi connectivity index (χ0n) is 11.9. The molecule has 2 rings (SSSR count). The predicted molar refractivity (Wildman–Crippen MR) is 83.0 cm³/mol. The molecule has 2 fully saturated rings. The second kappa shape index (κ2) is 6.90. The first-order valence-corrected chi connectivity index (χ1v) is 10.3. The van der Waals surface area contributed by atoms with Crippen LogP contribution in [-0.4, -0.2) is 36.9 Å². The highest BCUT2D eigenvalue weighted by atomic mass is 79.9. The van der Waals surface area contributed by atoms with Gasteiger partial charge in [0, 0.05) is 17.9 Å². The summed E-state index contributed by atoms with van der Waals surface area (Å²) in [6, 6.07) is 0. The number of hydrogen-bond donors (Lipinski definition) is 0. The Bertz CT molecular complexity index is 385. The van der Waals surface area contributed by atoms with Crippen molar-refractivity contribution >= 4 is 26.0 Å². The molecule has 5 heteroatoms. The van der Waals surface area contributed by atoms with E-state index < -0.39 is 10.0 Å². The molecule has 1 saturated heterocycles. The van der Waals surface area contributed by atoms with Gasteiger partial charge in [-0.1, -0.05) is 35.2 Å². The number of hydrogen-bond acceptors (Lipinski definition) is 2. The summed E-state index contributed by atoms with van der Waals surface area (Å²) in [4.78, 5) is 0.676. The van der Waals surface area contributed by atoms with Gasteiger partial charge < -0.3 is 0 Å². The van der Waals surface area contributed by atoms with E-state index in [-0.39, 0.29) is 0 Å². The van der Waals surface area contributed by atoms with Gasteiger partial charge in [-0.25, -0.2) is 12.7 Å². The molecule has 0 amide bonds. The summed E-state index contributed by atoms with van der Waals surface area (Å²) < 4.78 is 25.0. The van der Waals surface area contributed by atoms with Gasteiger partial charge >= 0.3 is 0 Å². The van der Waals surface area contributed by atoms with Crippen LogP contribution in [0.2, 0.25) is 0 Å². The van der Waals surface area contributed by atoms with Crippen LogP contribution in [0.4, 0.5) is 0 Å². The Labute approximate surface area is 126 Å². The van der Waals surface area contributed by atoms with Gasteiger partial charge in [0.2, 0.25) is 10.0 Å². The maximum absolute atomic E-state index is 11.6. The van der Waals surface area contributed by atoms with E-state index in [4.69, 9.17) is 0 Å². The molecule has 19 heavy (non-hydrogen) atoms. The Kier molecular flexibility index (Phi) is 5.73. The van der Waals surface area contributed by atoms with Crippen molar-refractivity contribution in [2.45, 2.75) is 56.2 Å². The molecule has 1 aliphatic heterocycles. The van der Waals surface area contributed by atoms with Crippen LogP contribution in [0.3, 0.4) is 0 Å². The van der Waals surface area contributed by atoms with E-state index in [1.807, 2.05) is 0 Å². The van der Waals surface area contributed by atoms with Gasteiger partial charge in [0.05, 0.1) is 6.26 Å². The number of sulfonamides is 1. The van der Waals surface area contributed by atoms with Crippen molar-refractivity contribution in [1.29, 1.82) is 0 Å². The topological polar surface area (TPSA) is 37.4 Å². The molecule has 3 atom stereocenters. The first-order chi connectivity index (χ1) is 8.95. The third-order valence-corrected chi connectivity index (χ3v) is 6.69. The van der Waals surface area contributed by atoms with Gasteiger partial charge in [0.25, 0.3) is 0 Å². The number of alkyl halides is 1. The SMILES string of the molecule is CS(=O)(=O)N1CCCC(CC2CCCCC(Br)C2)C1. The lowest BCUT2D eigenvalue weighted by molar-refractivity contribution is 0.223. The Morgan fingerprint density at radius 2 is 1.79 bits per heavy atom. The van der Waals surface area contributed by atoms with E-state index in [0.717, 1.165) is 25.4 Å². The van der Waals surface area contributed by atoms with Gasteiger partial charge in [-0.15, -0.1) is 0 Å². The molecule has 1 saturated carbocycles. The smallest absolute Gasteiger partial charge is 0.211 e. The Morgan fingerprint density at radius 1 is 1.11 bits per heavy atom. The Morgan fingerprint density at radius 3 is 2.53 bits per heavy atom. The number of nitrogens with zero attached hydrogens (tertiary/aromatic N) is 1. The van der Waals surface area contributed by atoms with E-state index in [9.17, 15) is 8.42 Å². The lowest BCUT2D eigenvalue weighted by Crippen LogP contribution is -2.39. The molecule has 1 aliphatic carbocycles. The fourth-order valence-corrected chi connectivity index (χ4v) is 5.40. The molecule has 0 aromatic heterocycles. The van der Waals surface area contributed by atoms with Crippen LogP contribution in [0.5, 0.6) is 0 Å². The van der Waals surface area contributed by atoms with Crippen LogP contribution >= 0.6 is 15.9 Å². The molecule has 3 unspecified atom stereocenters. The highest BCUT2D eigenvalue weighted by Gasteiger charge is 2.28. The molecule has 112 valence electrons. The van der Waals surface area contributed by atoms with Crippen LogP contribution < -0.4 is 0 Å². The minimum atomic E-state index is -2.99. The number of halogens is 1. The minimum absolute atomic E-state index is 0.575. The normalized spacial score (nSPS) is 34.9. The lowest BCUT2D eigenvalue weighted by Gasteiger charge is -2.33. The molecule has 0 N–H and O–H groups in total. The molecule has 0 spiro atoms. The van der Waals surface area contributed by atoms with E-state index in [1.165, 1.54) is 51.2 Å². The standard InChI is InChI=1S/C14H26BrNO2S/c1-19(17,18)16-8-4-6-13(11-16)9-12-5-2-3-7-14(15)10-12/h12-14H,2-11H2,1H3. The summed E-state index contributed by atoms with van der Waals surface area (Å²) in [5.74, 6) is 1.36. The molecule has 0 aromatic carbocycles. The second-order valence-electron chi connectivity index (χ2n) is 6.35. The molecule has 1 heterocycles. The average molecular weight is 352 g/mol. The first-order valence-electron chi connectivity index (χ1n) is 7.54. The van der Waals surface area contributed by atoms with Crippen LogP contribution in [0.1, 0.15) is 51.4 Å². The van der Waals surface area contributed by atoms with Crippen LogP contribution in [0, 0.1) is 11.8 Å². The van der Waals surface area contributed by atoms with Gasteiger partial charge in [0.15, 0.2) is 0 Å². The molecular weight excluding hydrogens is 326 g/mol. The quantitative estimate of drug-likeness (QED) is 0.577. The van der Waals surface area contributed by atoms with Gasteiger partial charge in [-0.05, 0) is 43.9 Å². The molecular formula is C14H26BrNO2S. The minimum Gasteiger partial charge on any atom is -0.213 e. The number of piperidine rings is 1. The van der Waals surface area contributed by atoms with E-state index >= 15 is 0 Å². The van der Waals surface area contributed by atoms with Crippen LogP contribution in [-0.2, 0) is 10.0 Å². The Balaban J connectivity index is 1.88. The largest absolute Gasteiger partial charge is 0.213 e. The van der Waals surface area contributed by atoms with Crippen LogP contribution in [0.25, 0.3) is 0 Å². The average Bonchev–Trinajstić information content (AvgIpc) is 2.53. The van der Waals surface area contributed by atoms with Crippen molar-refractivity contribution in [3.05, 3.63) is 0 Å². The maximum atomic E-state index is 11.6. The van der Waals surface area contributed by atoms with Crippen molar-refractivity contribution in [3.8, 4) is 0 Å². The van der Waals surface area contributed by atoms with E-state index in [1.54, 1.807) is 4.31 Å². The molecule has 0 aromatic rings. The Hall–Kier alpha value is 0.390. The summed E-state index contributed by atoms with van der Waals surface area (Å²) in [6.45, 7) is 1.48. The van der Waals surface area contributed by atoms with E-state index in [0.29, 0.717) is 10.7 Å². The summed E-state index contributed by atoms with van der Waals surface area (Å²) in [5, 5.41) is 0. The van der Waals surface area contributed by atoms with Crippen molar-refractivity contribution in [1.82, 2.24) is 4.31 Å². The maximum Gasteiger partial charge on any atom is 0.211 e. The lowest BCUT2D eigenvalue weighted by atomic mass is 9.85. The summed E-state index contributed by atoms with van der Waals surface area (Å²) >= 11 is 3.78. The third kappa shape index (κ3) is 5.01. The molecule has 0 radical (unpaired) electrons. The van der Waals surface area contributed by atoms with Gasteiger partial charge in [-0.2, -0.15) is 0 Å². The fourth-order valence-electron chi connectivity index (χ4n) is 3.60. The molecule has 0 bridgehead atoms. The zero-order chi connectivity index (χ0) is 13.9. The molecule has 2 aliphatic rings. The second-order valence-corrected chi connectivity index (χ2v) is 9.63. The summed E-state index contributed by atoms with van der Waals surface area (Å²) in [5.41, 5.74) is 0. The third-order valence-electron chi connectivity index (χ3n) is 4.59. The predicted octanol–water partition coefficient (Wildman–Crippen LogP) is 3.39. The highest BCUT2D eigenvalue weighted by molar-refractivity contribution is 9.09. The summed E-state index contributed by atoms with van der Waals surface area (Å²) in [7, 11) is -2.99. The first kappa shape index (κ1) is 15.8. The van der Waals surface area contributed by atoms with Crippen molar-refractivity contribution < 1.29 is 8.42 Å².